The number of ether oxygens (including phenoxy) is 1. The molecule has 1 aliphatic heterocycles. The average molecular weight is 500 g/mol. The molecular formula is C33H25NO4. The van der Waals surface area contributed by atoms with E-state index in [0.29, 0.717) is 17.0 Å². The Labute approximate surface area is 220 Å². The summed E-state index contributed by atoms with van der Waals surface area (Å²) in [6, 6.07) is 32.4. The van der Waals surface area contributed by atoms with Crippen LogP contribution >= 0.6 is 0 Å². The maximum Gasteiger partial charge on any atom is 0.238 e. The fourth-order valence-corrected chi connectivity index (χ4v) is 6.70. The zero-order chi connectivity index (χ0) is 26.0. The molecule has 0 radical (unpaired) electrons. The van der Waals surface area contributed by atoms with Crippen molar-refractivity contribution in [1.82, 2.24) is 0 Å². The lowest BCUT2D eigenvalue weighted by molar-refractivity contribution is -0.122. The van der Waals surface area contributed by atoms with Crippen molar-refractivity contribution in [3.05, 3.63) is 131 Å². The second kappa shape index (κ2) is 8.52. The third kappa shape index (κ3) is 3.21. The van der Waals surface area contributed by atoms with Gasteiger partial charge in [-0.15, -0.1) is 0 Å². The first kappa shape index (κ1) is 22.7. The minimum Gasteiger partial charge on any atom is -0.483 e. The minimum atomic E-state index is -0.672. The summed E-state index contributed by atoms with van der Waals surface area (Å²) >= 11 is 0. The molecule has 1 heterocycles. The molecule has 4 aliphatic rings. The highest BCUT2D eigenvalue weighted by Crippen LogP contribution is 2.61. The van der Waals surface area contributed by atoms with Gasteiger partial charge in [0.15, 0.2) is 6.10 Å². The largest absolute Gasteiger partial charge is 0.483 e. The van der Waals surface area contributed by atoms with E-state index in [0.717, 1.165) is 22.3 Å². The second-order valence-corrected chi connectivity index (χ2v) is 10.3. The van der Waals surface area contributed by atoms with Crippen molar-refractivity contribution in [2.24, 2.45) is 11.8 Å². The summed E-state index contributed by atoms with van der Waals surface area (Å²) in [5, 5.41) is 0. The molecule has 1 fully saturated rings. The number of nitrogens with zero attached hydrogens (tertiary/aromatic N) is 1. The Morgan fingerprint density at radius 3 is 1.58 bits per heavy atom. The zero-order valence-corrected chi connectivity index (χ0v) is 20.8. The monoisotopic (exact) mass is 499 g/mol. The molecule has 3 aliphatic carbocycles. The van der Waals surface area contributed by atoms with Crippen LogP contribution in [0.1, 0.15) is 51.4 Å². The van der Waals surface area contributed by atoms with Crippen molar-refractivity contribution in [2.45, 2.75) is 24.9 Å². The molecule has 0 unspecified atom stereocenters. The summed E-state index contributed by atoms with van der Waals surface area (Å²) < 4.78 is 5.89. The summed E-state index contributed by atoms with van der Waals surface area (Å²) in [5.74, 6) is -1.02. The van der Waals surface area contributed by atoms with Crippen molar-refractivity contribution in [3.63, 3.8) is 0 Å². The molecule has 5 nitrogen and oxygen atoms in total. The predicted molar refractivity (Wildman–Crippen MR) is 143 cm³/mol. The Balaban J connectivity index is 1.18. The van der Waals surface area contributed by atoms with Crippen LogP contribution in [0.15, 0.2) is 103 Å². The van der Waals surface area contributed by atoms with E-state index in [2.05, 4.69) is 24.3 Å². The number of Topliss-reactive ketones (excluding diaryl/α,β-unsaturated/α-hetero) is 1. The van der Waals surface area contributed by atoms with E-state index >= 15 is 0 Å². The minimum absolute atomic E-state index is 0.113. The SMILES string of the molecule is C[C@@H](Oc1ccc(N2C(=O)[C@@H]3C4c5ccccc5C(c5ccccc54)[C@@H]3C2=O)cc1)C(=O)c1ccccc1. The predicted octanol–water partition coefficient (Wildman–Crippen LogP) is 5.73. The smallest absolute Gasteiger partial charge is 0.238 e. The number of anilines is 1. The first-order valence-corrected chi connectivity index (χ1v) is 13.0. The summed E-state index contributed by atoms with van der Waals surface area (Å²) in [6.07, 6.45) is -0.672. The molecule has 2 bridgehead atoms. The summed E-state index contributed by atoms with van der Waals surface area (Å²) in [6.45, 7) is 1.71. The van der Waals surface area contributed by atoms with Gasteiger partial charge in [-0.25, -0.2) is 4.90 Å². The van der Waals surface area contributed by atoms with Gasteiger partial charge in [0.1, 0.15) is 5.75 Å². The van der Waals surface area contributed by atoms with Crippen LogP contribution in [0.3, 0.4) is 0 Å². The lowest BCUT2D eigenvalue weighted by Crippen LogP contribution is -2.41. The van der Waals surface area contributed by atoms with Gasteiger partial charge < -0.3 is 4.74 Å². The highest BCUT2D eigenvalue weighted by Gasteiger charge is 2.61. The van der Waals surface area contributed by atoms with E-state index in [1.54, 1.807) is 43.3 Å². The lowest BCUT2D eigenvalue weighted by Gasteiger charge is -2.45. The van der Waals surface area contributed by atoms with Gasteiger partial charge in [-0.1, -0.05) is 78.9 Å². The number of benzene rings is 4. The third-order valence-electron chi connectivity index (χ3n) is 8.28. The molecule has 38 heavy (non-hydrogen) atoms. The van der Waals surface area contributed by atoms with Crippen molar-refractivity contribution >= 4 is 23.3 Å². The Kier molecular flexibility index (Phi) is 5.08. The fourth-order valence-electron chi connectivity index (χ4n) is 6.70. The Morgan fingerprint density at radius 1 is 0.658 bits per heavy atom. The fraction of sp³-hybridized carbons (Fsp3) is 0.182. The lowest BCUT2D eigenvalue weighted by atomic mass is 9.55. The third-order valence-corrected chi connectivity index (χ3v) is 8.28. The Bertz CT molecular complexity index is 1480. The maximum atomic E-state index is 13.9. The van der Waals surface area contributed by atoms with Gasteiger partial charge in [-0.2, -0.15) is 0 Å². The van der Waals surface area contributed by atoms with Crippen molar-refractivity contribution in [2.75, 3.05) is 4.90 Å². The molecule has 0 spiro atoms. The Hall–Kier alpha value is -4.51. The molecule has 8 rings (SSSR count). The van der Waals surface area contributed by atoms with Gasteiger partial charge >= 0.3 is 0 Å². The number of hydrogen-bond acceptors (Lipinski definition) is 4. The van der Waals surface area contributed by atoms with Crippen LogP contribution in [0.2, 0.25) is 0 Å². The van der Waals surface area contributed by atoms with E-state index in [4.69, 9.17) is 4.74 Å². The van der Waals surface area contributed by atoms with Gasteiger partial charge in [0.25, 0.3) is 0 Å². The van der Waals surface area contributed by atoms with Crippen LogP contribution in [0.5, 0.6) is 5.75 Å². The number of imide groups is 1. The van der Waals surface area contributed by atoms with Crippen molar-refractivity contribution in [3.8, 4) is 5.75 Å². The maximum absolute atomic E-state index is 13.9. The molecule has 0 aromatic heterocycles. The standard InChI is InChI=1S/C33H25NO4/c1-19(31(35)20-9-3-2-4-10-20)38-22-17-15-21(16-18-22)34-32(36)29-27-23-11-5-6-12-24(23)28(30(29)33(34)37)26-14-8-7-13-25(26)27/h2-19,27-30H,1H3/t19-,27?,28?,29-,30+/m1/s1. The van der Waals surface area contributed by atoms with Crippen LogP contribution in [-0.4, -0.2) is 23.7 Å². The molecule has 1 saturated heterocycles. The number of amides is 2. The normalized spacial score (nSPS) is 23.4. The van der Waals surface area contributed by atoms with Crippen molar-refractivity contribution in [1.29, 1.82) is 0 Å². The summed E-state index contributed by atoms with van der Waals surface area (Å²) in [7, 11) is 0. The molecule has 0 saturated carbocycles. The van der Waals surface area contributed by atoms with Gasteiger partial charge in [-0.05, 0) is 53.4 Å². The highest BCUT2D eigenvalue weighted by molar-refractivity contribution is 6.23. The summed E-state index contributed by atoms with van der Waals surface area (Å²) in [5.41, 5.74) is 5.73. The first-order valence-electron chi connectivity index (χ1n) is 13.0. The van der Waals surface area contributed by atoms with Gasteiger partial charge in [0.05, 0.1) is 17.5 Å². The number of carbonyl (C=O) groups excluding carboxylic acids is 3. The molecule has 3 atom stereocenters. The van der Waals surface area contributed by atoms with E-state index in [1.807, 2.05) is 42.5 Å². The quantitative estimate of drug-likeness (QED) is 0.260. The number of ketones is 1. The molecule has 0 N–H and O–H groups in total. The van der Waals surface area contributed by atoms with E-state index in [1.165, 1.54) is 4.90 Å². The molecule has 4 aromatic rings. The van der Waals surface area contributed by atoms with E-state index in [9.17, 15) is 14.4 Å². The molecule has 2 amide bonds. The van der Waals surface area contributed by atoms with Crippen LogP contribution in [-0.2, 0) is 9.59 Å². The topological polar surface area (TPSA) is 63.7 Å². The van der Waals surface area contributed by atoms with E-state index in [-0.39, 0.29) is 29.4 Å². The van der Waals surface area contributed by atoms with Gasteiger partial charge in [0, 0.05) is 17.4 Å². The van der Waals surface area contributed by atoms with Crippen molar-refractivity contribution < 1.29 is 19.1 Å². The number of hydrogen-bond donors (Lipinski definition) is 0. The highest BCUT2D eigenvalue weighted by atomic mass is 16.5. The molecule has 4 aromatic carbocycles. The zero-order valence-electron chi connectivity index (χ0n) is 20.8. The van der Waals surface area contributed by atoms with Gasteiger partial charge in [-0.3, -0.25) is 14.4 Å². The number of carbonyl (C=O) groups is 3. The first-order chi connectivity index (χ1) is 18.5. The van der Waals surface area contributed by atoms with Crippen LogP contribution in [0, 0.1) is 11.8 Å². The van der Waals surface area contributed by atoms with Crippen LogP contribution in [0.4, 0.5) is 5.69 Å². The molecule has 5 heteroatoms. The number of rotatable bonds is 5. The van der Waals surface area contributed by atoms with Gasteiger partial charge in [0.2, 0.25) is 17.6 Å². The molecular weight excluding hydrogens is 474 g/mol. The molecule has 186 valence electrons. The average Bonchev–Trinajstić information content (AvgIpc) is 3.23. The van der Waals surface area contributed by atoms with Crippen LogP contribution < -0.4 is 9.64 Å². The Morgan fingerprint density at radius 2 is 1.11 bits per heavy atom. The van der Waals surface area contributed by atoms with E-state index < -0.39 is 17.9 Å². The second-order valence-electron chi connectivity index (χ2n) is 10.3. The van der Waals surface area contributed by atoms with Crippen LogP contribution in [0.25, 0.3) is 0 Å². The summed E-state index contributed by atoms with van der Waals surface area (Å²) in [4.78, 5) is 41.8.